The van der Waals surface area contributed by atoms with Crippen molar-refractivity contribution in [3.05, 3.63) is 88.4 Å². The van der Waals surface area contributed by atoms with Crippen LogP contribution in [0.15, 0.2) is 53.1 Å². The van der Waals surface area contributed by atoms with E-state index in [0.29, 0.717) is 55.0 Å². The van der Waals surface area contributed by atoms with Crippen molar-refractivity contribution in [2.24, 2.45) is 5.92 Å². The van der Waals surface area contributed by atoms with Gasteiger partial charge >= 0.3 is 0 Å². The van der Waals surface area contributed by atoms with E-state index in [0.717, 1.165) is 71.5 Å². The number of hydrogen-bond acceptors (Lipinski definition) is 8. The highest BCUT2D eigenvalue weighted by Crippen LogP contribution is 2.46. The van der Waals surface area contributed by atoms with Crippen LogP contribution in [0.5, 0.6) is 0 Å². The maximum absolute atomic E-state index is 14.5. The third-order valence-electron chi connectivity index (χ3n) is 10.1. The van der Waals surface area contributed by atoms with E-state index in [1.807, 2.05) is 42.3 Å². The van der Waals surface area contributed by atoms with Crippen molar-refractivity contribution in [2.75, 3.05) is 33.0 Å². The normalized spacial score (nSPS) is 18.6. The molecule has 3 aliphatic heterocycles. The minimum atomic E-state index is -0.532. The summed E-state index contributed by atoms with van der Waals surface area (Å²) < 4.78 is 34.2. The number of carbonyl (C=O) groups excluding carboxylic acids is 1. The second-order valence-electron chi connectivity index (χ2n) is 12.9. The molecule has 0 bridgehead atoms. The second kappa shape index (κ2) is 12.3. The van der Waals surface area contributed by atoms with Gasteiger partial charge in [-0.15, -0.1) is 10.2 Å². The summed E-state index contributed by atoms with van der Waals surface area (Å²) in [6, 6.07) is 14.4. The SMILES string of the molecule is Cc1nnc(-c2c(CCC3CCOCC3)nc3c(c2-c2ccc4c(ccn4[C@H](C)c4ccc(C#N)c(F)c4)c2)C(=O)N2CCOC[C@@H]32)o1. The Morgan fingerprint density at radius 2 is 1.90 bits per heavy atom. The van der Waals surface area contributed by atoms with E-state index in [1.165, 1.54) is 12.1 Å². The summed E-state index contributed by atoms with van der Waals surface area (Å²) in [5.41, 5.74) is 6.18. The zero-order valence-corrected chi connectivity index (χ0v) is 26.9. The van der Waals surface area contributed by atoms with Crippen molar-refractivity contribution in [1.82, 2.24) is 24.6 Å². The average Bonchev–Trinajstić information content (AvgIpc) is 3.82. The number of pyridine rings is 1. The Hall–Kier alpha value is -4.92. The average molecular weight is 647 g/mol. The van der Waals surface area contributed by atoms with E-state index in [1.54, 1.807) is 13.0 Å². The summed E-state index contributed by atoms with van der Waals surface area (Å²) in [4.78, 5) is 21.3. The number of carbonyl (C=O) groups is 1. The van der Waals surface area contributed by atoms with Crippen LogP contribution in [-0.2, 0) is 15.9 Å². The van der Waals surface area contributed by atoms with E-state index < -0.39 is 5.82 Å². The van der Waals surface area contributed by atoms with Crippen LogP contribution < -0.4 is 0 Å². The number of benzene rings is 2. The van der Waals surface area contributed by atoms with Gasteiger partial charge in [0, 0.05) is 49.3 Å². The Kier molecular flexibility index (Phi) is 7.77. The molecule has 0 aliphatic carbocycles. The zero-order valence-electron chi connectivity index (χ0n) is 26.9. The maximum Gasteiger partial charge on any atom is 0.257 e. The minimum absolute atomic E-state index is 0.0227. The van der Waals surface area contributed by atoms with Gasteiger partial charge in [0.2, 0.25) is 11.8 Å². The summed E-state index contributed by atoms with van der Waals surface area (Å²) in [6.45, 7) is 6.69. The molecule has 244 valence electrons. The smallest absolute Gasteiger partial charge is 0.257 e. The molecule has 6 heterocycles. The molecule has 0 radical (unpaired) electrons. The van der Waals surface area contributed by atoms with Crippen LogP contribution in [0.2, 0.25) is 0 Å². The van der Waals surface area contributed by atoms with E-state index in [9.17, 15) is 14.4 Å². The number of amides is 1. The monoisotopic (exact) mass is 646 g/mol. The highest BCUT2D eigenvalue weighted by atomic mass is 19.1. The number of morpholine rings is 1. The number of fused-ring (bicyclic) bond motifs is 4. The van der Waals surface area contributed by atoms with Crippen LogP contribution in [-0.4, -0.2) is 63.5 Å². The number of nitrogens with zero attached hydrogens (tertiary/aromatic N) is 6. The highest BCUT2D eigenvalue weighted by Gasteiger charge is 2.44. The van der Waals surface area contributed by atoms with Gasteiger partial charge in [-0.3, -0.25) is 9.78 Å². The Morgan fingerprint density at radius 1 is 1.04 bits per heavy atom. The van der Waals surface area contributed by atoms with E-state index in [4.69, 9.17) is 18.9 Å². The zero-order chi connectivity index (χ0) is 32.9. The van der Waals surface area contributed by atoms with Crippen molar-refractivity contribution >= 4 is 16.8 Å². The lowest BCUT2D eigenvalue weighted by Gasteiger charge is -2.29. The van der Waals surface area contributed by atoms with Gasteiger partial charge in [-0.1, -0.05) is 12.1 Å². The molecule has 11 heteroatoms. The van der Waals surface area contributed by atoms with Crippen LogP contribution >= 0.6 is 0 Å². The summed E-state index contributed by atoms with van der Waals surface area (Å²) in [5.74, 6) is 0.708. The molecule has 2 saturated heterocycles. The van der Waals surface area contributed by atoms with Gasteiger partial charge in [-0.05, 0) is 80.0 Å². The van der Waals surface area contributed by atoms with Crippen LogP contribution in [0.3, 0.4) is 0 Å². The van der Waals surface area contributed by atoms with Gasteiger partial charge in [0.1, 0.15) is 11.9 Å². The third kappa shape index (κ3) is 5.16. The fourth-order valence-electron chi connectivity index (χ4n) is 7.50. The Bertz CT molecular complexity index is 2090. The predicted molar refractivity (Wildman–Crippen MR) is 175 cm³/mol. The molecular formula is C37H35FN6O4. The van der Waals surface area contributed by atoms with Crippen molar-refractivity contribution in [1.29, 1.82) is 5.26 Å². The molecule has 2 atom stereocenters. The molecule has 8 rings (SSSR count). The van der Waals surface area contributed by atoms with E-state index in [2.05, 4.69) is 20.8 Å². The lowest BCUT2D eigenvalue weighted by atomic mass is 9.88. The van der Waals surface area contributed by atoms with Gasteiger partial charge < -0.3 is 23.4 Å². The second-order valence-corrected chi connectivity index (χ2v) is 12.9. The van der Waals surface area contributed by atoms with Gasteiger partial charge in [0.15, 0.2) is 0 Å². The number of aromatic nitrogens is 4. The molecule has 48 heavy (non-hydrogen) atoms. The number of ether oxygens (including phenoxy) is 2. The predicted octanol–water partition coefficient (Wildman–Crippen LogP) is 6.57. The van der Waals surface area contributed by atoms with Crippen LogP contribution in [0.25, 0.3) is 33.5 Å². The third-order valence-corrected chi connectivity index (χ3v) is 10.1. The fourth-order valence-corrected chi connectivity index (χ4v) is 7.50. The van der Waals surface area contributed by atoms with Gasteiger partial charge in [0.05, 0.1) is 53.4 Å². The first-order valence-corrected chi connectivity index (χ1v) is 16.6. The number of nitriles is 1. The summed E-state index contributed by atoms with van der Waals surface area (Å²) in [7, 11) is 0. The number of halogens is 1. The Labute approximate surface area is 277 Å². The molecule has 2 aromatic carbocycles. The van der Waals surface area contributed by atoms with Gasteiger partial charge in [-0.2, -0.15) is 5.26 Å². The Balaban J connectivity index is 1.28. The van der Waals surface area contributed by atoms with Crippen molar-refractivity contribution in [3.8, 4) is 28.7 Å². The minimum Gasteiger partial charge on any atom is -0.421 e. The highest BCUT2D eigenvalue weighted by molar-refractivity contribution is 6.08. The number of hydrogen-bond donors (Lipinski definition) is 0. The molecule has 5 aromatic rings. The van der Waals surface area contributed by atoms with Crippen molar-refractivity contribution in [2.45, 2.75) is 51.6 Å². The van der Waals surface area contributed by atoms with Crippen LogP contribution in [0.4, 0.5) is 4.39 Å². The first-order chi connectivity index (χ1) is 23.4. The molecule has 0 spiro atoms. The molecule has 3 aliphatic rings. The lowest BCUT2D eigenvalue weighted by molar-refractivity contribution is 0.00352. The molecule has 1 amide bonds. The first kappa shape index (κ1) is 30.4. The maximum atomic E-state index is 14.5. The summed E-state index contributed by atoms with van der Waals surface area (Å²) >= 11 is 0. The lowest BCUT2D eigenvalue weighted by Crippen LogP contribution is -2.38. The van der Waals surface area contributed by atoms with Crippen molar-refractivity contribution in [3.63, 3.8) is 0 Å². The summed E-state index contributed by atoms with van der Waals surface area (Å²) in [6.07, 6.45) is 5.63. The van der Waals surface area contributed by atoms with E-state index in [-0.39, 0.29) is 23.6 Å². The summed E-state index contributed by atoms with van der Waals surface area (Å²) in [5, 5.41) is 18.8. The number of rotatable bonds is 7. The van der Waals surface area contributed by atoms with Crippen molar-refractivity contribution < 1.29 is 23.1 Å². The Morgan fingerprint density at radius 3 is 2.67 bits per heavy atom. The number of aryl methyl sites for hydroxylation is 2. The molecule has 2 fully saturated rings. The molecule has 10 nitrogen and oxygen atoms in total. The standard InChI is InChI=1S/C37H35FN6O4/c1-21(24-4-5-27(19-39)28(38)18-24)43-12-9-25-17-26(6-8-30(25)43)32-33(36-42-41-22(2)48-36)29(7-3-23-10-14-46-15-11-23)40-35-31-20-47-16-13-44(31)37(45)34(32)35/h4-6,8-9,12,17-18,21,23,31H,3,7,10-11,13-16,20H2,1-2H3/t21-,31+/m1/s1. The fraction of sp³-hybridized carbons (Fsp3) is 0.378. The van der Waals surface area contributed by atoms with Crippen LogP contribution in [0, 0.1) is 30.0 Å². The molecular weight excluding hydrogens is 611 g/mol. The van der Waals surface area contributed by atoms with Gasteiger partial charge in [0.25, 0.3) is 5.91 Å². The quantitative estimate of drug-likeness (QED) is 0.195. The van der Waals surface area contributed by atoms with Gasteiger partial charge in [-0.25, -0.2) is 4.39 Å². The largest absolute Gasteiger partial charge is 0.421 e. The van der Waals surface area contributed by atoms with E-state index >= 15 is 0 Å². The molecule has 0 N–H and O–H groups in total. The molecule has 0 saturated carbocycles. The van der Waals surface area contributed by atoms with Crippen LogP contribution in [0.1, 0.15) is 77.0 Å². The molecule has 0 unspecified atom stereocenters. The topological polar surface area (TPSA) is 119 Å². The first-order valence-electron chi connectivity index (χ1n) is 16.6. The molecule has 3 aromatic heterocycles.